The maximum atomic E-state index is 3.93. The summed E-state index contributed by atoms with van der Waals surface area (Å²) in [6.45, 7) is 9.71. The van der Waals surface area contributed by atoms with Gasteiger partial charge in [0, 0.05) is 6.04 Å². The van der Waals surface area contributed by atoms with Crippen LogP contribution in [-0.4, -0.2) is 42.5 Å². The van der Waals surface area contributed by atoms with Crippen LogP contribution in [0.2, 0.25) is 0 Å². The molecule has 0 unspecified atom stereocenters. The summed E-state index contributed by atoms with van der Waals surface area (Å²) in [4.78, 5) is 4.60. The van der Waals surface area contributed by atoms with Crippen LogP contribution in [0.25, 0.3) is 0 Å². The van der Waals surface area contributed by atoms with Crippen LogP contribution in [0.4, 0.5) is 0 Å². The van der Waals surface area contributed by atoms with Crippen LogP contribution in [0, 0.1) is 7.05 Å². The molecule has 1 aliphatic heterocycles. The number of hydrogen-bond acceptors (Lipinski definition) is 2. The first-order valence-corrected chi connectivity index (χ1v) is 5.49. The minimum atomic E-state index is 0. The SMILES string of the molecule is CC.[CH2-]N1CCC(N(C)CC)CC1.[K+]. The average Bonchev–Trinajstić information content (AvgIpc) is 2.21. The van der Waals surface area contributed by atoms with Crippen molar-refractivity contribution in [1.29, 1.82) is 0 Å². The van der Waals surface area contributed by atoms with Crippen LogP contribution < -0.4 is 51.4 Å². The van der Waals surface area contributed by atoms with E-state index in [2.05, 4.69) is 30.8 Å². The molecule has 0 aliphatic carbocycles. The number of piperidine rings is 1. The van der Waals surface area contributed by atoms with E-state index in [-0.39, 0.29) is 51.4 Å². The molecule has 1 fully saturated rings. The van der Waals surface area contributed by atoms with Gasteiger partial charge in [-0.3, -0.25) is 7.05 Å². The number of likely N-dealkylation sites (tertiary alicyclic amines) is 1. The molecule has 0 amide bonds. The Hall–Kier alpha value is 1.56. The van der Waals surface area contributed by atoms with E-state index < -0.39 is 0 Å². The Morgan fingerprint density at radius 2 is 1.71 bits per heavy atom. The molecule has 0 saturated carbocycles. The summed E-state index contributed by atoms with van der Waals surface area (Å²) in [7, 11) is 6.14. The van der Waals surface area contributed by atoms with E-state index in [1.807, 2.05) is 13.8 Å². The van der Waals surface area contributed by atoms with Crippen LogP contribution in [0.3, 0.4) is 0 Å². The van der Waals surface area contributed by atoms with Crippen molar-refractivity contribution < 1.29 is 51.4 Å². The average molecular weight is 224 g/mol. The largest absolute Gasteiger partial charge is 1.00 e. The fourth-order valence-electron chi connectivity index (χ4n) is 1.62. The second-order valence-electron chi connectivity index (χ2n) is 3.42. The summed E-state index contributed by atoms with van der Waals surface area (Å²) in [5, 5.41) is 0. The van der Waals surface area contributed by atoms with Gasteiger partial charge in [-0.2, -0.15) is 0 Å². The van der Waals surface area contributed by atoms with Crippen LogP contribution in [0.15, 0.2) is 0 Å². The minimum Gasteiger partial charge on any atom is -0.459 e. The van der Waals surface area contributed by atoms with Crippen molar-refractivity contribution in [2.24, 2.45) is 0 Å². The van der Waals surface area contributed by atoms with Gasteiger partial charge < -0.3 is 9.80 Å². The maximum absolute atomic E-state index is 3.93. The predicted molar refractivity (Wildman–Crippen MR) is 59.6 cm³/mol. The van der Waals surface area contributed by atoms with Gasteiger partial charge in [0.1, 0.15) is 0 Å². The Kier molecular flexibility index (Phi) is 14.2. The van der Waals surface area contributed by atoms with Gasteiger partial charge in [-0.1, -0.05) is 20.8 Å². The monoisotopic (exact) mass is 224 g/mol. The summed E-state index contributed by atoms with van der Waals surface area (Å²) in [5.41, 5.74) is 0. The summed E-state index contributed by atoms with van der Waals surface area (Å²) in [5.74, 6) is 0. The van der Waals surface area contributed by atoms with Gasteiger partial charge in [-0.25, -0.2) is 0 Å². The Morgan fingerprint density at radius 3 is 2.07 bits per heavy atom. The summed E-state index contributed by atoms with van der Waals surface area (Å²) in [6, 6.07) is 0.804. The van der Waals surface area contributed by atoms with Crippen molar-refractivity contribution in [3.8, 4) is 0 Å². The third-order valence-corrected chi connectivity index (χ3v) is 2.68. The summed E-state index contributed by atoms with van der Waals surface area (Å²) >= 11 is 0. The third-order valence-electron chi connectivity index (χ3n) is 2.68. The zero-order chi connectivity index (χ0) is 10.3. The number of hydrogen-bond donors (Lipinski definition) is 0. The van der Waals surface area contributed by atoms with E-state index in [1.54, 1.807) is 0 Å². The molecule has 0 N–H and O–H groups in total. The maximum Gasteiger partial charge on any atom is 1.00 e. The molecule has 0 radical (unpaired) electrons. The Bertz CT molecular complexity index is 112. The van der Waals surface area contributed by atoms with Gasteiger partial charge in [0.15, 0.2) is 0 Å². The van der Waals surface area contributed by atoms with Crippen molar-refractivity contribution >= 4 is 0 Å². The molecule has 1 aliphatic rings. The number of rotatable bonds is 2. The van der Waals surface area contributed by atoms with E-state index in [0.717, 1.165) is 19.1 Å². The molecule has 80 valence electrons. The molecule has 0 bridgehead atoms. The molecule has 14 heavy (non-hydrogen) atoms. The Morgan fingerprint density at radius 1 is 1.29 bits per heavy atom. The summed E-state index contributed by atoms with van der Waals surface area (Å²) in [6.07, 6.45) is 2.57. The van der Waals surface area contributed by atoms with Gasteiger partial charge in [-0.15, -0.1) is 0 Å². The summed E-state index contributed by atoms with van der Waals surface area (Å²) < 4.78 is 0. The molecule has 0 aromatic carbocycles. The van der Waals surface area contributed by atoms with Crippen molar-refractivity contribution in [3.05, 3.63) is 7.05 Å². The Balaban J connectivity index is 0. The molecule has 2 nitrogen and oxygen atoms in total. The first kappa shape index (κ1) is 17.9. The fourth-order valence-corrected chi connectivity index (χ4v) is 1.62. The van der Waals surface area contributed by atoms with Gasteiger partial charge in [0.2, 0.25) is 0 Å². The first-order chi connectivity index (χ1) is 6.24. The predicted octanol–water partition coefficient (Wildman–Crippen LogP) is -0.776. The normalized spacial score (nSPS) is 18.4. The van der Waals surface area contributed by atoms with Gasteiger partial charge in [-0.05, 0) is 39.5 Å². The molecule has 0 aromatic heterocycles. The minimum absolute atomic E-state index is 0. The van der Waals surface area contributed by atoms with Crippen molar-refractivity contribution in [1.82, 2.24) is 9.80 Å². The molecule has 3 heteroatoms. The van der Waals surface area contributed by atoms with Gasteiger partial charge >= 0.3 is 51.4 Å². The molecule has 0 atom stereocenters. The number of nitrogens with zero attached hydrogens (tertiary/aromatic N) is 2. The van der Waals surface area contributed by atoms with Crippen LogP contribution in [0.5, 0.6) is 0 Å². The van der Waals surface area contributed by atoms with Crippen molar-refractivity contribution in [3.63, 3.8) is 0 Å². The standard InChI is InChI=1S/C9H19N2.C2H6.K/c1-4-11(3)9-5-7-10(2)8-6-9;1-2;/h9H,2,4-8H2,1,3H3;1-2H3;/q-1;;+1. The van der Waals surface area contributed by atoms with Crippen LogP contribution in [-0.2, 0) is 0 Å². The second kappa shape index (κ2) is 11.1. The molecular formula is C11H25KN2. The van der Waals surface area contributed by atoms with Crippen LogP contribution >= 0.6 is 0 Å². The Labute approximate surface area is 133 Å². The van der Waals surface area contributed by atoms with Crippen molar-refractivity contribution in [2.45, 2.75) is 39.7 Å². The molecule has 0 spiro atoms. The van der Waals surface area contributed by atoms with Gasteiger partial charge in [0.05, 0.1) is 0 Å². The molecule has 1 heterocycles. The zero-order valence-corrected chi connectivity index (χ0v) is 13.8. The van der Waals surface area contributed by atoms with Crippen LogP contribution in [0.1, 0.15) is 33.6 Å². The van der Waals surface area contributed by atoms with Crippen molar-refractivity contribution in [2.75, 3.05) is 26.7 Å². The molecule has 0 aromatic rings. The molecule has 1 rings (SSSR count). The van der Waals surface area contributed by atoms with E-state index in [4.69, 9.17) is 0 Å². The van der Waals surface area contributed by atoms with E-state index >= 15 is 0 Å². The van der Waals surface area contributed by atoms with E-state index in [0.29, 0.717) is 0 Å². The topological polar surface area (TPSA) is 6.48 Å². The smallest absolute Gasteiger partial charge is 0.459 e. The second-order valence-corrected chi connectivity index (χ2v) is 3.42. The quantitative estimate of drug-likeness (QED) is 0.449. The fraction of sp³-hybridized carbons (Fsp3) is 0.909. The van der Waals surface area contributed by atoms with Gasteiger partial charge in [0.25, 0.3) is 0 Å². The van der Waals surface area contributed by atoms with E-state index in [1.165, 1.54) is 19.4 Å². The molecular weight excluding hydrogens is 199 g/mol. The molecule has 1 saturated heterocycles. The first-order valence-electron chi connectivity index (χ1n) is 5.49. The van der Waals surface area contributed by atoms with E-state index in [9.17, 15) is 0 Å². The third kappa shape index (κ3) is 6.93. The zero-order valence-electron chi connectivity index (χ0n) is 10.7.